The Balaban J connectivity index is 0.00000261. The lowest BCUT2D eigenvalue weighted by Gasteiger charge is -2.31. The number of fused-ring (bicyclic) bond motifs is 1. The van der Waals surface area contributed by atoms with Gasteiger partial charge in [0.1, 0.15) is 0 Å². The van der Waals surface area contributed by atoms with E-state index in [1.807, 2.05) is 0 Å². The number of aromatic amines is 2. The number of piperidine rings is 1. The van der Waals surface area contributed by atoms with E-state index >= 15 is 0 Å². The zero-order chi connectivity index (χ0) is 18.7. The molecule has 0 saturated carbocycles. The number of halogens is 1. The van der Waals surface area contributed by atoms with Gasteiger partial charge in [-0.1, -0.05) is 0 Å². The van der Waals surface area contributed by atoms with Crippen LogP contribution in [-0.2, 0) is 14.8 Å². The van der Waals surface area contributed by atoms with Crippen LogP contribution in [0.1, 0.15) is 19.3 Å². The molecule has 1 fully saturated rings. The number of rotatable bonds is 6. The fraction of sp³-hybridized carbons (Fsp3) is 0.500. The summed E-state index contributed by atoms with van der Waals surface area (Å²) in [5.74, 6) is 0. The SMILES string of the molecule is Cl.NCCCOC1CCN(S(=O)(=O)c2ccc3[nH]c(=O)[nH]c(=O)c3c2)CC1. The van der Waals surface area contributed by atoms with Gasteiger partial charge < -0.3 is 15.5 Å². The van der Waals surface area contributed by atoms with Crippen molar-refractivity contribution >= 4 is 33.3 Å². The first kappa shape index (κ1) is 21.6. The van der Waals surface area contributed by atoms with Crippen LogP contribution in [0.2, 0.25) is 0 Å². The first-order chi connectivity index (χ1) is 12.4. The van der Waals surface area contributed by atoms with Gasteiger partial charge in [-0.15, -0.1) is 12.4 Å². The van der Waals surface area contributed by atoms with Crippen molar-refractivity contribution in [1.29, 1.82) is 0 Å². The summed E-state index contributed by atoms with van der Waals surface area (Å²) in [5.41, 5.74) is 4.48. The standard InChI is InChI=1S/C16H22N4O5S.ClH/c17-6-1-9-25-11-4-7-20(8-5-11)26(23,24)12-2-3-14-13(10-12)15(21)19-16(22)18-14;/h2-3,10-11H,1,4-9,17H2,(H2,18,19,21,22);1H. The van der Waals surface area contributed by atoms with Crippen LogP contribution in [0.5, 0.6) is 0 Å². The minimum absolute atomic E-state index is 0. The van der Waals surface area contributed by atoms with Crippen molar-refractivity contribution in [2.24, 2.45) is 5.73 Å². The van der Waals surface area contributed by atoms with Crippen LogP contribution in [0.25, 0.3) is 10.9 Å². The third kappa shape index (κ3) is 4.77. The van der Waals surface area contributed by atoms with Crippen LogP contribution in [0, 0.1) is 0 Å². The lowest BCUT2D eigenvalue weighted by Crippen LogP contribution is -2.41. The predicted octanol–water partition coefficient (Wildman–Crippen LogP) is 0.157. The smallest absolute Gasteiger partial charge is 0.326 e. The maximum absolute atomic E-state index is 12.9. The summed E-state index contributed by atoms with van der Waals surface area (Å²) < 4.78 is 32.8. The number of nitrogens with zero attached hydrogens (tertiary/aromatic N) is 1. The highest BCUT2D eigenvalue weighted by Gasteiger charge is 2.30. The summed E-state index contributed by atoms with van der Waals surface area (Å²) in [6.45, 7) is 1.87. The molecule has 0 unspecified atom stereocenters. The highest BCUT2D eigenvalue weighted by molar-refractivity contribution is 7.89. The Morgan fingerprint density at radius 3 is 2.56 bits per heavy atom. The van der Waals surface area contributed by atoms with E-state index in [4.69, 9.17) is 10.5 Å². The van der Waals surface area contributed by atoms with E-state index in [1.165, 1.54) is 22.5 Å². The molecule has 11 heteroatoms. The average molecular weight is 419 g/mol. The van der Waals surface area contributed by atoms with Crippen LogP contribution >= 0.6 is 12.4 Å². The van der Waals surface area contributed by atoms with E-state index < -0.39 is 21.3 Å². The monoisotopic (exact) mass is 418 g/mol. The molecule has 1 aromatic heterocycles. The number of ether oxygens (including phenoxy) is 1. The number of aromatic nitrogens is 2. The van der Waals surface area contributed by atoms with Crippen molar-refractivity contribution in [2.45, 2.75) is 30.3 Å². The quantitative estimate of drug-likeness (QED) is 0.571. The van der Waals surface area contributed by atoms with Crippen molar-refractivity contribution in [1.82, 2.24) is 14.3 Å². The van der Waals surface area contributed by atoms with Crippen molar-refractivity contribution in [2.75, 3.05) is 26.2 Å². The number of H-pyrrole nitrogens is 2. The Morgan fingerprint density at radius 2 is 1.89 bits per heavy atom. The van der Waals surface area contributed by atoms with E-state index in [0.29, 0.717) is 44.6 Å². The zero-order valence-corrected chi connectivity index (χ0v) is 16.3. The molecule has 4 N–H and O–H groups in total. The molecule has 1 saturated heterocycles. The molecule has 1 aliphatic rings. The van der Waals surface area contributed by atoms with Crippen molar-refractivity contribution < 1.29 is 13.2 Å². The summed E-state index contributed by atoms with van der Waals surface area (Å²) in [6.07, 6.45) is 2.06. The van der Waals surface area contributed by atoms with Gasteiger partial charge in [0, 0.05) is 19.7 Å². The molecule has 9 nitrogen and oxygen atoms in total. The van der Waals surface area contributed by atoms with Crippen LogP contribution in [-0.4, -0.2) is 55.0 Å². The largest absolute Gasteiger partial charge is 0.378 e. The fourth-order valence-electron chi connectivity index (χ4n) is 3.03. The van der Waals surface area contributed by atoms with Crippen molar-refractivity contribution in [3.63, 3.8) is 0 Å². The molecule has 1 aromatic carbocycles. The van der Waals surface area contributed by atoms with Gasteiger partial charge >= 0.3 is 5.69 Å². The van der Waals surface area contributed by atoms with Gasteiger partial charge in [0.25, 0.3) is 5.56 Å². The van der Waals surface area contributed by atoms with Gasteiger partial charge in [0.15, 0.2) is 0 Å². The topological polar surface area (TPSA) is 138 Å². The molecule has 3 rings (SSSR count). The van der Waals surface area contributed by atoms with Gasteiger partial charge in [-0.25, -0.2) is 13.2 Å². The third-order valence-corrected chi connectivity index (χ3v) is 6.35. The molecule has 150 valence electrons. The fourth-order valence-corrected chi connectivity index (χ4v) is 4.52. The van der Waals surface area contributed by atoms with Crippen LogP contribution in [0.4, 0.5) is 0 Å². The van der Waals surface area contributed by atoms with E-state index in [1.54, 1.807) is 0 Å². The molecule has 0 atom stereocenters. The van der Waals surface area contributed by atoms with Crippen molar-refractivity contribution in [3.05, 3.63) is 39.0 Å². The summed E-state index contributed by atoms with van der Waals surface area (Å²) in [4.78, 5) is 27.8. The van der Waals surface area contributed by atoms with Gasteiger partial charge in [-0.2, -0.15) is 4.31 Å². The summed E-state index contributed by atoms with van der Waals surface area (Å²) in [6, 6.07) is 4.13. The number of benzene rings is 1. The lowest BCUT2D eigenvalue weighted by atomic mass is 10.1. The summed E-state index contributed by atoms with van der Waals surface area (Å²) in [7, 11) is -3.72. The van der Waals surface area contributed by atoms with Crippen molar-refractivity contribution in [3.8, 4) is 0 Å². The number of hydrogen-bond acceptors (Lipinski definition) is 6. The molecule has 27 heavy (non-hydrogen) atoms. The maximum atomic E-state index is 12.9. The molecule has 2 heterocycles. The first-order valence-electron chi connectivity index (χ1n) is 8.50. The summed E-state index contributed by atoms with van der Waals surface area (Å²) in [5, 5.41) is 0.130. The Labute approximate surface area is 162 Å². The number of hydrogen-bond donors (Lipinski definition) is 3. The maximum Gasteiger partial charge on any atom is 0.326 e. The molecule has 0 amide bonds. The summed E-state index contributed by atoms with van der Waals surface area (Å²) >= 11 is 0. The molecular formula is C16H23ClN4O5S. The minimum Gasteiger partial charge on any atom is -0.378 e. The van der Waals surface area contributed by atoms with E-state index in [2.05, 4.69) is 9.97 Å². The Kier molecular flexibility index (Phi) is 7.18. The molecular weight excluding hydrogens is 396 g/mol. The molecule has 0 spiro atoms. The number of sulfonamides is 1. The number of nitrogens with one attached hydrogen (secondary N) is 2. The average Bonchev–Trinajstić information content (AvgIpc) is 2.62. The van der Waals surface area contributed by atoms with E-state index in [9.17, 15) is 18.0 Å². The molecule has 1 aliphatic heterocycles. The Hall–Kier alpha value is -1.72. The first-order valence-corrected chi connectivity index (χ1v) is 9.94. The van der Waals surface area contributed by atoms with Crippen LogP contribution in [0.15, 0.2) is 32.7 Å². The molecule has 0 aliphatic carbocycles. The lowest BCUT2D eigenvalue weighted by molar-refractivity contribution is 0.0209. The normalized spacial score (nSPS) is 16.3. The molecule has 2 aromatic rings. The Bertz CT molecular complexity index is 996. The number of nitrogens with two attached hydrogens (primary N) is 1. The molecule has 0 bridgehead atoms. The highest BCUT2D eigenvalue weighted by atomic mass is 35.5. The van der Waals surface area contributed by atoms with Gasteiger partial charge in [0.05, 0.1) is 21.9 Å². The van der Waals surface area contributed by atoms with E-state index in [-0.39, 0.29) is 28.8 Å². The third-order valence-electron chi connectivity index (χ3n) is 4.45. The van der Waals surface area contributed by atoms with Crippen LogP contribution in [0.3, 0.4) is 0 Å². The second kappa shape index (κ2) is 8.98. The van der Waals surface area contributed by atoms with Gasteiger partial charge in [0.2, 0.25) is 10.0 Å². The second-order valence-electron chi connectivity index (χ2n) is 6.23. The highest BCUT2D eigenvalue weighted by Crippen LogP contribution is 2.23. The van der Waals surface area contributed by atoms with E-state index in [0.717, 1.165) is 6.42 Å². The zero-order valence-electron chi connectivity index (χ0n) is 14.6. The predicted molar refractivity (Wildman–Crippen MR) is 104 cm³/mol. The molecule has 0 radical (unpaired) electrons. The minimum atomic E-state index is -3.72. The van der Waals surface area contributed by atoms with Crippen LogP contribution < -0.4 is 17.0 Å². The van der Waals surface area contributed by atoms with Gasteiger partial charge in [-0.3, -0.25) is 9.78 Å². The van der Waals surface area contributed by atoms with Gasteiger partial charge in [-0.05, 0) is 44.0 Å². The Morgan fingerprint density at radius 1 is 1.19 bits per heavy atom. The second-order valence-corrected chi connectivity index (χ2v) is 8.17.